The molecule has 2 heteroatoms. The van der Waals surface area contributed by atoms with Gasteiger partial charge in [0.2, 0.25) is 0 Å². The SMILES string of the molecule is CCc1ccc(C(N)CN2CCC(C)(CC)CC2)cc1. The number of piperidine rings is 1. The Morgan fingerprint density at radius 3 is 2.25 bits per heavy atom. The number of nitrogens with two attached hydrogens (primary N) is 1. The maximum atomic E-state index is 6.38. The molecule has 1 unspecified atom stereocenters. The molecule has 0 spiro atoms. The van der Waals surface area contributed by atoms with Crippen LogP contribution in [0.1, 0.15) is 57.2 Å². The molecule has 1 heterocycles. The number of hydrogen-bond acceptors (Lipinski definition) is 2. The predicted octanol–water partition coefficient (Wildman–Crippen LogP) is 3.76. The molecule has 1 aliphatic heterocycles. The van der Waals surface area contributed by atoms with Gasteiger partial charge in [-0.1, -0.05) is 51.5 Å². The molecule has 0 saturated carbocycles. The van der Waals surface area contributed by atoms with Gasteiger partial charge in [0.1, 0.15) is 0 Å². The molecule has 0 bridgehead atoms. The quantitative estimate of drug-likeness (QED) is 0.886. The van der Waals surface area contributed by atoms with Crippen LogP contribution in [0, 0.1) is 5.41 Å². The van der Waals surface area contributed by atoms with Gasteiger partial charge in [0.25, 0.3) is 0 Å². The highest BCUT2D eigenvalue weighted by Gasteiger charge is 2.28. The van der Waals surface area contributed by atoms with Gasteiger partial charge < -0.3 is 10.6 Å². The third-order valence-electron chi connectivity index (χ3n) is 5.19. The summed E-state index contributed by atoms with van der Waals surface area (Å²) >= 11 is 0. The fraction of sp³-hybridized carbons (Fsp3) is 0.667. The van der Waals surface area contributed by atoms with Crippen molar-refractivity contribution in [3.63, 3.8) is 0 Å². The van der Waals surface area contributed by atoms with Crippen molar-refractivity contribution in [2.75, 3.05) is 19.6 Å². The molecule has 20 heavy (non-hydrogen) atoms. The summed E-state index contributed by atoms with van der Waals surface area (Å²) in [6.45, 7) is 10.3. The van der Waals surface area contributed by atoms with Gasteiger partial charge in [0, 0.05) is 12.6 Å². The number of aryl methyl sites for hydroxylation is 1. The van der Waals surface area contributed by atoms with Crippen LogP contribution in [0.4, 0.5) is 0 Å². The molecule has 0 amide bonds. The Hall–Kier alpha value is -0.860. The summed E-state index contributed by atoms with van der Waals surface area (Å²) in [5.74, 6) is 0. The lowest BCUT2D eigenvalue weighted by Gasteiger charge is -2.39. The molecule has 0 radical (unpaired) electrons. The van der Waals surface area contributed by atoms with E-state index >= 15 is 0 Å². The average molecular weight is 274 g/mol. The van der Waals surface area contributed by atoms with Crippen molar-refractivity contribution in [2.24, 2.45) is 11.1 Å². The molecule has 0 aromatic heterocycles. The summed E-state index contributed by atoms with van der Waals surface area (Å²) in [7, 11) is 0. The van der Waals surface area contributed by atoms with Crippen LogP contribution in [0.5, 0.6) is 0 Å². The van der Waals surface area contributed by atoms with Gasteiger partial charge >= 0.3 is 0 Å². The van der Waals surface area contributed by atoms with E-state index in [1.54, 1.807) is 0 Å². The number of likely N-dealkylation sites (tertiary alicyclic amines) is 1. The van der Waals surface area contributed by atoms with E-state index in [9.17, 15) is 0 Å². The third kappa shape index (κ3) is 3.83. The summed E-state index contributed by atoms with van der Waals surface area (Å²) in [6, 6.07) is 8.96. The van der Waals surface area contributed by atoms with Gasteiger partial charge in [0.05, 0.1) is 0 Å². The molecule has 1 aromatic carbocycles. The van der Waals surface area contributed by atoms with Crippen molar-refractivity contribution in [3.8, 4) is 0 Å². The minimum absolute atomic E-state index is 0.145. The molecule has 1 saturated heterocycles. The minimum atomic E-state index is 0.145. The Balaban J connectivity index is 1.87. The van der Waals surface area contributed by atoms with Gasteiger partial charge in [0.15, 0.2) is 0 Å². The Morgan fingerprint density at radius 1 is 1.15 bits per heavy atom. The first-order chi connectivity index (χ1) is 9.56. The Bertz CT molecular complexity index is 402. The number of benzene rings is 1. The fourth-order valence-corrected chi connectivity index (χ4v) is 3.01. The predicted molar refractivity (Wildman–Crippen MR) is 86.8 cm³/mol. The van der Waals surface area contributed by atoms with Crippen LogP contribution in [-0.2, 0) is 6.42 Å². The monoisotopic (exact) mass is 274 g/mol. The number of hydrogen-bond donors (Lipinski definition) is 1. The smallest absolute Gasteiger partial charge is 0.0424 e. The number of rotatable bonds is 5. The molecule has 1 fully saturated rings. The Labute approximate surface area is 124 Å². The van der Waals surface area contributed by atoms with Gasteiger partial charge in [-0.3, -0.25) is 0 Å². The van der Waals surface area contributed by atoms with Gasteiger partial charge in [-0.25, -0.2) is 0 Å². The van der Waals surface area contributed by atoms with E-state index in [-0.39, 0.29) is 6.04 Å². The van der Waals surface area contributed by atoms with E-state index in [4.69, 9.17) is 5.73 Å². The molecule has 1 aromatic rings. The molecule has 2 N–H and O–H groups in total. The van der Waals surface area contributed by atoms with Crippen LogP contribution < -0.4 is 5.73 Å². The third-order valence-corrected chi connectivity index (χ3v) is 5.19. The normalized spacial score (nSPS) is 20.8. The summed E-state index contributed by atoms with van der Waals surface area (Å²) in [5, 5.41) is 0. The first kappa shape index (κ1) is 15.5. The lowest BCUT2D eigenvalue weighted by molar-refractivity contribution is 0.110. The van der Waals surface area contributed by atoms with E-state index in [2.05, 4.69) is 49.9 Å². The molecule has 0 aliphatic carbocycles. The minimum Gasteiger partial charge on any atom is -0.323 e. The maximum Gasteiger partial charge on any atom is 0.0424 e. The van der Waals surface area contributed by atoms with E-state index in [1.165, 1.54) is 43.5 Å². The van der Waals surface area contributed by atoms with Crippen molar-refractivity contribution in [1.29, 1.82) is 0 Å². The van der Waals surface area contributed by atoms with Crippen molar-refractivity contribution in [1.82, 2.24) is 4.90 Å². The summed E-state index contributed by atoms with van der Waals surface area (Å²) < 4.78 is 0. The van der Waals surface area contributed by atoms with E-state index in [0.717, 1.165) is 13.0 Å². The van der Waals surface area contributed by atoms with Crippen LogP contribution in [0.2, 0.25) is 0 Å². The Kier molecular flexibility index (Phi) is 5.22. The fourth-order valence-electron chi connectivity index (χ4n) is 3.01. The van der Waals surface area contributed by atoms with E-state index < -0.39 is 0 Å². The lowest BCUT2D eigenvalue weighted by Crippen LogP contribution is -2.41. The van der Waals surface area contributed by atoms with Crippen LogP contribution in [0.3, 0.4) is 0 Å². The van der Waals surface area contributed by atoms with Crippen LogP contribution in [0.15, 0.2) is 24.3 Å². The van der Waals surface area contributed by atoms with Crippen LogP contribution in [-0.4, -0.2) is 24.5 Å². The second-order valence-electron chi connectivity index (χ2n) is 6.67. The van der Waals surface area contributed by atoms with Crippen molar-refractivity contribution in [3.05, 3.63) is 35.4 Å². The van der Waals surface area contributed by atoms with Crippen LogP contribution >= 0.6 is 0 Å². The highest BCUT2D eigenvalue weighted by Crippen LogP contribution is 2.34. The second kappa shape index (κ2) is 6.73. The molecule has 2 nitrogen and oxygen atoms in total. The molecule has 1 atom stereocenters. The second-order valence-corrected chi connectivity index (χ2v) is 6.67. The standard InChI is InChI=1S/C18H30N2/c1-4-15-6-8-16(9-7-15)17(19)14-20-12-10-18(3,5-2)11-13-20/h6-9,17H,4-5,10-14,19H2,1-3H3. The molecule has 1 aliphatic rings. The first-order valence-corrected chi connectivity index (χ1v) is 8.13. The molecule has 2 rings (SSSR count). The molecule has 112 valence electrons. The number of nitrogens with zero attached hydrogens (tertiary/aromatic N) is 1. The summed E-state index contributed by atoms with van der Waals surface area (Å²) in [5.41, 5.74) is 9.59. The van der Waals surface area contributed by atoms with Gasteiger partial charge in [-0.2, -0.15) is 0 Å². The first-order valence-electron chi connectivity index (χ1n) is 8.13. The zero-order valence-corrected chi connectivity index (χ0v) is 13.4. The summed E-state index contributed by atoms with van der Waals surface area (Å²) in [4.78, 5) is 2.54. The Morgan fingerprint density at radius 2 is 1.75 bits per heavy atom. The molecular weight excluding hydrogens is 244 g/mol. The van der Waals surface area contributed by atoms with E-state index in [1.807, 2.05) is 0 Å². The zero-order chi connectivity index (χ0) is 14.6. The topological polar surface area (TPSA) is 29.3 Å². The van der Waals surface area contributed by atoms with Crippen molar-refractivity contribution >= 4 is 0 Å². The van der Waals surface area contributed by atoms with Gasteiger partial charge in [-0.05, 0) is 48.9 Å². The maximum absolute atomic E-state index is 6.38. The highest BCUT2D eigenvalue weighted by atomic mass is 15.1. The lowest BCUT2D eigenvalue weighted by atomic mass is 9.78. The van der Waals surface area contributed by atoms with Gasteiger partial charge in [-0.15, -0.1) is 0 Å². The van der Waals surface area contributed by atoms with E-state index in [0.29, 0.717) is 5.41 Å². The largest absolute Gasteiger partial charge is 0.323 e. The van der Waals surface area contributed by atoms with Crippen molar-refractivity contribution < 1.29 is 0 Å². The zero-order valence-electron chi connectivity index (χ0n) is 13.4. The van der Waals surface area contributed by atoms with Crippen LogP contribution in [0.25, 0.3) is 0 Å². The average Bonchev–Trinajstić information content (AvgIpc) is 2.50. The summed E-state index contributed by atoms with van der Waals surface area (Å²) in [6.07, 6.45) is 5.01. The van der Waals surface area contributed by atoms with Crippen molar-refractivity contribution in [2.45, 2.75) is 52.5 Å². The highest BCUT2D eigenvalue weighted by molar-refractivity contribution is 5.25. The molecular formula is C18H30N2.